The number of nitrogens with zero attached hydrogens (tertiary/aromatic N) is 2. The summed E-state index contributed by atoms with van der Waals surface area (Å²) in [6, 6.07) is 6.88. The number of carbonyl (C=O) groups is 1. The van der Waals surface area contributed by atoms with Crippen molar-refractivity contribution in [2.75, 3.05) is 5.32 Å². The third-order valence-corrected chi connectivity index (χ3v) is 4.07. The van der Waals surface area contributed by atoms with Crippen molar-refractivity contribution in [3.8, 4) is 11.3 Å². The second-order valence-corrected chi connectivity index (χ2v) is 6.04. The largest absolute Gasteiger partial charge is 0.302 e. The van der Waals surface area contributed by atoms with E-state index >= 15 is 0 Å². The number of carbonyl (C=O) groups excluding carboxylic acids is 1. The van der Waals surface area contributed by atoms with Gasteiger partial charge in [0.05, 0.1) is 12.1 Å². The SMILES string of the molecule is Cc1cc(-c2csc(NC(=O)Cc3ccc(F)cc3F)n2)ccn1. The van der Waals surface area contributed by atoms with E-state index in [1.54, 1.807) is 6.20 Å². The van der Waals surface area contributed by atoms with E-state index in [1.165, 1.54) is 17.4 Å². The fraction of sp³-hybridized carbons (Fsp3) is 0.118. The molecule has 0 saturated carbocycles. The number of amides is 1. The van der Waals surface area contributed by atoms with Crippen LogP contribution in [-0.2, 0) is 11.2 Å². The van der Waals surface area contributed by atoms with Crippen molar-refractivity contribution in [2.24, 2.45) is 0 Å². The van der Waals surface area contributed by atoms with Crippen LogP contribution < -0.4 is 5.32 Å². The average molecular weight is 345 g/mol. The molecule has 3 aromatic rings. The number of halogens is 2. The van der Waals surface area contributed by atoms with Crippen LogP contribution in [-0.4, -0.2) is 15.9 Å². The van der Waals surface area contributed by atoms with Crippen molar-refractivity contribution in [1.82, 2.24) is 9.97 Å². The van der Waals surface area contributed by atoms with Crippen molar-refractivity contribution in [2.45, 2.75) is 13.3 Å². The molecule has 7 heteroatoms. The summed E-state index contributed by atoms with van der Waals surface area (Å²) < 4.78 is 26.4. The number of thiazole rings is 1. The minimum absolute atomic E-state index is 0.135. The van der Waals surface area contributed by atoms with Crippen LogP contribution in [0.15, 0.2) is 41.9 Å². The van der Waals surface area contributed by atoms with E-state index in [2.05, 4.69) is 15.3 Å². The number of rotatable bonds is 4. The molecule has 0 aliphatic heterocycles. The Morgan fingerprint density at radius 1 is 1.25 bits per heavy atom. The van der Waals surface area contributed by atoms with Crippen molar-refractivity contribution < 1.29 is 13.6 Å². The zero-order chi connectivity index (χ0) is 17.1. The maximum Gasteiger partial charge on any atom is 0.230 e. The molecule has 0 spiro atoms. The number of hydrogen-bond acceptors (Lipinski definition) is 4. The predicted molar refractivity (Wildman–Crippen MR) is 88.8 cm³/mol. The van der Waals surface area contributed by atoms with Gasteiger partial charge in [-0.25, -0.2) is 13.8 Å². The Bertz CT molecular complexity index is 895. The third-order valence-electron chi connectivity index (χ3n) is 3.31. The molecule has 0 aliphatic carbocycles. The van der Waals surface area contributed by atoms with Gasteiger partial charge in [0.15, 0.2) is 5.13 Å². The number of benzene rings is 1. The highest BCUT2D eigenvalue weighted by molar-refractivity contribution is 7.14. The van der Waals surface area contributed by atoms with Gasteiger partial charge < -0.3 is 5.32 Å². The Balaban J connectivity index is 1.69. The molecule has 0 unspecified atom stereocenters. The second-order valence-electron chi connectivity index (χ2n) is 5.18. The highest BCUT2D eigenvalue weighted by atomic mass is 32.1. The van der Waals surface area contributed by atoms with Crippen molar-refractivity contribution in [3.63, 3.8) is 0 Å². The minimum Gasteiger partial charge on any atom is -0.302 e. The summed E-state index contributed by atoms with van der Waals surface area (Å²) in [6.07, 6.45) is 1.51. The van der Waals surface area contributed by atoms with Gasteiger partial charge in [-0.15, -0.1) is 11.3 Å². The third kappa shape index (κ3) is 3.80. The molecule has 1 N–H and O–H groups in total. The standard InChI is InChI=1S/C17H13F2N3OS/c1-10-6-12(4-5-20-10)15-9-24-17(21-15)22-16(23)7-11-2-3-13(18)8-14(11)19/h2-6,8-9H,7H2,1H3,(H,21,22,23). The first-order valence-electron chi connectivity index (χ1n) is 7.13. The van der Waals surface area contributed by atoms with Gasteiger partial charge in [0, 0.05) is 28.9 Å². The lowest BCUT2D eigenvalue weighted by Crippen LogP contribution is -2.15. The molecule has 0 bridgehead atoms. The molecule has 24 heavy (non-hydrogen) atoms. The van der Waals surface area contributed by atoms with Crippen LogP contribution in [0.3, 0.4) is 0 Å². The topological polar surface area (TPSA) is 54.9 Å². The Labute approximate surface area is 141 Å². The van der Waals surface area contributed by atoms with Crippen LogP contribution in [0.2, 0.25) is 0 Å². The van der Waals surface area contributed by atoms with Gasteiger partial charge in [-0.1, -0.05) is 6.07 Å². The quantitative estimate of drug-likeness (QED) is 0.778. The Morgan fingerprint density at radius 2 is 2.08 bits per heavy atom. The highest BCUT2D eigenvalue weighted by Gasteiger charge is 2.12. The van der Waals surface area contributed by atoms with Gasteiger partial charge in [-0.2, -0.15) is 0 Å². The van der Waals surface area contributed by atoms with Crippen LogP contribution in [0.5, 0.6) is 0 Å². The number of aryl methyl sites for hydroxylation is 1. The molecule has 0 radical (unpaired) electrons. The van der Waals surface area contributed by atoms with E-state index in [0.29, 0.717) is 5.13 Å². The van der Waals surface area contributed by atoms with E-state index in [4.69, 9.17) is 0 Å². The maximum absolute atomic E-state index is 13.6. The maximum atomic E-state index is 13.6. The first-order valence-corrected chi connectivity index (χ1v) is 8.01. The average Bonchev–Trinajstić information content (AvgIpc) is 2.98. The summed E-state index contributed by atoms with van der Waals surface area (Å²) in [5.74, 6) is -1.82. The molecule has 4 nitrogen and oxygen atoms in total. The van der Waals surface area contributed by atoms with Gasteiger partial charge >= 0.3 is 0 Å². The van der Waals surface area contributed by atoms with Crippen LogP contribution in [0.25, 0.3) is 11.3 Å². The van der Waals surface area contributed by atoms with Gasteiger partial charge in [0.25, 0.3) is 0 Å². The van der Waals surface area contributed by atoms with Gasteiger partial charge in [0.1, 0.15) is 11.6 Å². The second kappa shape index (κ2) is 6.84. The van der Waals surface area contributed by atoms with E-state index in [1.807, 2.05) is 24.4 Å². The summed E-state index contributed by atoms with van der Waals surface area (Å²) in [7, 11) is 0. The molecule has 3 rings (SSSR count). The normalized spacial score (nSPS) is 10.6. The fourth-order valence-electron chi connectivity index (χ4n) is 2.17. The van der Waals surface area contributed by atoms with Crippen molar-refractivity contribution >= 4 is 22.4 Å². The van der Waals surface area contributed by atoms with E-state index in [-0.39, 0.29) is 12.0 Å². The van der Waals surface area contributed by atoms with Crippen molar-refractivity contribution in [3.05, 3.63) is 64.8 Å². The molecule has 1 aromatic carbocycles. The summed E-state index contributed by atoms with van der Waals surface area (Å²) >= 11 is 1.28. The van der Waals surface area contributed by atoms with E-state index in [9.17, 15) is 13.6 Å². The lowest BCUT2D eigenvalue weighted by molar-refractivity contribution is -0.115. The first-order chi connectivity index (χ1) is 11.5. The molecule has 0 saturated heterocycles. The first kappa shape index (κ1) is 16.2. The summed E-state index contributed by atoms with van der Waals surface area (Å²) in [5.41, 5.74) is 2.64. The monoisotopic (exact) mass is 345 g/mol. The lowest BCUT2D eigenvalue weighted by atomic mass is 10.1. The number of aromatic nitrogens is 2. The van der Waals surface area contributed by atoms with E-state index in [0.717, 1.165) is 29.1 Å². The Morgan fingerprint density at radius 3 is 2.83 bits per heavy atom. The minimum atomic E-state index is -0.739. The predicted octanol–water partition coefficient (Wildman–Crippen LogP) is 3.97. The molecular formula is C17H13F2N3OS. The van der Waals surface area contributed by atoms with Crippen LogP contribution >= 0.6 is 11.3 Å². The van der Waals surface area contributed by atoms with Crippen LogP contribution in [0.1, 0.15) is 11.3 Å². The van der Waals surface area contributed by atoms with E-state index < -0.39 is 17.5 Å². The molecular weight excluding hydrogens is 332 g/mol. The van der Waals surface area contributed by atoms with Gasteiger partial charge in [-0.3, -0.25) is 9.78 Å². The zero-order valence-corrected chi connectivity index (χ0v) is 13.5. The lowest BCUT2D eigenvalue weighted by Gasteiger charge is -2.03. The number of anilines is 1. The van der Waals surface area contributed by atoms with Crippen molar-refractivity contribution in [1.29, 1.82) is 0 Å². The molecule has 0 atom stereocenters. The van der Waals surface area contributed by atoms with Crippen LogP contribution in [0.4, 0.5) is 13.9 Å². The number of nitrogens with one attached hydrogen (secondary N) is 1. The molecule has 2 heterocycles. The highest BCUT2D eigenvalue weighted by Crippen LogP contribution is 2.25. The number of hydrogen-bond donors (Lipinski definition) is 1. The Kier molecular flexibility index (Phi) is 4.61. The zero-order valence-electron chi connectivity index (χ0n) is 12.7. The molecule has 1 amide bonds. The summed E-state index contributed by atoms with van der Waals surface area (Å²) in [6.45, 7) is 1.88. The van der Waals surface area contributed by atoms with Gasteiger partial charge in [-0.05, 0) is 30.7 Å². The Hall–Kier alpha value is -2.67. The fourth-order valence-corrected chi connectivity index (χ4v) is 2.91. The molecule has 0 fully saturated rings. The summed E-state index contributed by atoms with van der Waals surface area (Å²) in [4.78, 5) is 20.5. The number of pyridine rings is 1. The summed E-state index contributed by atoms with van der Waals surface area (Å²) in [5, 5.41) is 4.87. The molecule has 122 valence electrons. The van der Waals surface area contributed by atoms with Gasteiger partial charge in [0.2, 0.25) is 5.91 Å². The molecule has 2 aromatic heterocycles. The van der Waals surface area contributed by atoms with Crippen LogP contribution in [0, 0.1) is 18.6 Å². The molecule has 0 aliphatic rings. The smallest absolute Gasteiger partial charge is 0.230 e.